The van der Waals surface area contributed by atoms with E-state index >= 15 is 4.39 Å². The van der Waals surface area contributed by atoms with E-state index in [1.807, 2.05) is 0 Å². The molecule has 2 fully saturated rings. The van der Waals surface area contributed by atoms with Gasteiger partial charge in [-0.2, -0.15) is 4.98 Å². The molecule has 0 aliphatic carbocycles. The number of nitrogen functional groups attached to an aromatic ring is 1. The second kappa shape index (κ2) is 6.29. The number of aromatic nitrogens is 2. The van der Waals surface area contributed by atoms with Gasteiger partial charge in [0.25, 0.3) is 5.85 Å². The van der Waals surface area contributed by atoms with Gasteiger partial charge in [0.1, 0.15) is 18.5 Å². The molecule has 2 aliphatic rings. The number of aliphatic hydroxyl groups is 1. The number of aliphatic hydroxyl groups excluding tert-OH is 1. The highest BCUT2D eigenvalue weighted by atomic mass is 35.5. The molecule has 138 valence electrons. The number of fused-ring (bicyclic) bond motifs is 1. The van der Waals surface area contributed by atoms with Gasteiger partial charge in [-0.15, -0.1) is 0 Å². The van der Waals surface area contributed by atoms with Gasteiger partial charge in [0, 0.05) is 16.8 Å². The Labute approximate surface area is 151 Å². The molecule has 0 spiro atoms. The molecule has 5 atom stereocenters. The molecule has 0 amide bonds. The van der Waals surface area contributed by atoms with Crippen molar-refractivity contribution < 1.29 is 23.7 Å². The van der Waals surface area contributed by atoms with Gasteiger partial charge >= 0.3 is 5.69 Å². The molecule has 2 saturated heterocycles. The lowest BCUT2D eigenvalue weighted by Gasteiger charge is -2.24. The highest BCUT2D eigenvalue weighted by Crippen LogP contribution is 2.49. The highest BCUT2D eigenvalue weighted by molar-refractivity contribution is 6.30. The molecule has 3 heterocycles. The van der Waals surface area contributed by atoms with Gasteiger partial charge in [0.15, 0.2) is 18.6 Å². The molecule has 3 N–H and O–H groups in total. The number of anilines is 1. The van der Waals surface area contributed by atoms with Crippen LogP contribution in [0.2, 0.25) is 5.02 Å². The van der Waals surface area contributed by atoms with E-state index in [4.69, 9.17) is 31.5 Å². The minimum Gasteiger partial charge on any atom is -0.390 e. The van der Waals surface area contributed by atoms with Crippen LogP contribution in [-0.2, 0) is 14.2 Å². The van der Waals surface area contributed by atoms with Crippen LogP contribution in [0.4, 0.5) is 10.2 Å². The number of alkyl halides is 1. The molecule has 0 radical (unpaired) electrons. The molecule has 1 aromatic heterocycles. The third-order valence-electron chi connectivity index (χ3n) is 4.36. The Hall–Kier alpha value is -2.04. The van der Waals surface area contributed by atoms with Crippen LogP contribution < -0.4 is 11.4 Å². The fraction of sp³-hybridized carbons (Fsp3) is 0.375. The lowest BCUT2D eigenvalue weighted by atomic mass is 10.1. The van der Waals surface area contributed by atoms with E-state index in [2.05, 4.69) is 4.98 Å². The SMILES string of the molecule is Nc1ccn([C@@H]2O[C@](F)(CO)[C@H]3OC(c4ccc(Cl)cc4)O[C@@H]23)c(=O)n1. The standard InChI is InChI=1S/C16H15ClFN3O5/c17-9-3-1-8(2-4-9)14-24-11-12(25-14)16(18,7-22)26-13(11)21-6-5-10(19)20-15(21)23/h1-6,11-14,22H,7H2,(H2,19,20,23)/t11-,12+,13-,14?,16-/m1/s1. The van der Waals surface area contributed by atoms with Crippen LogP contribution in [-0.4, -0.2) is 39.3 Å². The summed E-state index contributed by atoms with van der Waals surface area (Å²) in [6.07, 6.45) is -2.95. The smallest absolute Gasteiger partial charge is 0.351 e. The lowest BCUT2D eigenvalue weighted by molar-refractivity contribution is -0.244. The van der Waals surface area contributed by atoms with Gasteiger partial charge in [0.05, 0.1) is 0 Å². The Morgan fingerprint density at radius 3 is 2.69 bits per heavy atom. The molecular formula is C16H15ClFN3O5. The average Bonchev–Trinajstić information content (AvgIpc) is 3.16. The van der Waals surface area contributed by atoms with Crippen molar-refractivity contribution in [3.05, 3.63) is 57.6 Å². The highest BCUT2D eigenvalue weighted by Gasteiger charge is 2.63. The Balaban J connectivity index is 1.68. The van der Waals surface area contributed by atoms with Crippen molar-refractivity contribution in [2.45, 2.75) is 30.6 Å². The fourth-order valence-corrected chi connectivity index (χ4v) is 3.22. The van der Waals surface area contributed by atoms with Crippen LogP contribution in [0.1, 0.15) is 18.1 Å². The first kappa shape index (κ1) is 17.4. The molecule has 8 nitrogen and oxygen atoms in total. The topological polar surface area (TPSA) is 109 Å². The number of rotatable bonds is 3. The van der Waals surface area contributed by atoms with Crippen LogP contribution in [0.5, 0.6) is 0 Å². The van der Waals surface area contributed by atoms with Crippen LogP contribution in [0.15, 0.2) is 41.3 Å². The molecule has 0 saturated carbocycles. The number of halogens is 2. The molecule has 0 bridgehead atoms. The summed E-state index contributed by atoms with van der Waals surface area (Å²) in [6, 6.07) is 8.03. The third-order valence-corrected chi connectivity index (χ3v) is 4.61. The fourth-order valence-electron chi connectivity index (χ4n) is 3.09. The Morgan fingerprint density at radius 2 is 2.04 bits per heavy atom. The van der Waals surface area contributed by atoms with Gasteiger partial charge in [0.2, 0.25) is 0 Å². The van der Waals surface area contributed by atoms with E-state index in [-0.39, 0.29) is 5.82 Å². The van der Waals surface area contributed by atoms with Crippen molar-refractivity contribution in [2.75, 3.05) is 12.3 Å². The van der Waals surface area contributed by atoms with Gasteiger partial charge in [-0.1, -0.05) is 23.7 Å². The zero-order valence-corrected chi connectivity index (χ0v) is 14.0. The summed E-state index contributed by atoms with van der Waals surface area (Å²) in [7, 11) is 0. The van der Waals surface area contributed by atoms with E-state index < -0.39 is 42.9 Å². The summed E-state index contributed by atoms with van der Waals surface area (Å²) in [4.78, 5) is 15.7. The molecule has 10 heteroatoms. The monoisotopic (exact) mass is 383 g/mol. The number of nitrogens with zero attached hydrogens (tertiary/aromatic N) is 2. The van der Waals surface area contributed by atoms with Crippen LogP contribution >= 0.6 is 11.6 Å². The summed E-state index contributed by atoms with van der Waals surface area (Å²) < 4.78 is 32.8. The molecule has 2 aliphatic heterocycles. The molecule has 4 rings (SSSR count). The Bertz CT molecular complexity index is 879. The van der Waals surface area contributed by atoms with Gasteiger partial charge in [-0.05, 0) is 18.2 Å². The van der Waals surface area contributed by atoms with Crippen molar-refractivity contribution in [1.29, 1.82) is 0 Å². The maximum Gasteiger partial charge on any atom is 0.351 e. The Morgan fingerprint density at radius 1 is 1.31 bits per heavy atom. The minimum atomic E-state index is -2.53. The molecule has 26 heavy (non-hydrogen) atoms. The molecule has 1 unspecified atom stereocenters. The molecule has 1 aromatic carbocycles. The summed E-state index contributed by atoms with van der Waals surface area (Å²) in [5.41, 5.74) is 5.37. The van der Waals surface area contributed by atoms with Gasteiger partial charge < -0.3 is 25.1 Å². The van der Waals surface area contributed by atoms with Crippen molar-refractivity contribution in [2.24, 2.45) is 0 Å². The number of benzene rings is 1. The lowest BCUT2D eigenvalue weighted by Crippen LogP contribution is -2.41. The maximum absolute atomic E-state index is 15.0. The summed E-state index contributed by atoms with van der Waals surface area (Å²) >= 11 is 5.87. The first-order valence-corrected chi connectivity index (χ1v) is 8.18. The second-order valence-corrected chi connectivity index (χ2v) is 6.47. The van der Waals surface area contributed by atoms with E-state index in [1.54, 1.807) is 24.3 Å². The first-order valence-electron chi connectivity index (χ1n) is 7.80. The quantitative estimate of drug-likeness (QED) is 0.818. The van der Waals surface area contributed by atoms with Crippen molar-refractivity contribution in [1.82, 2.24) is 9.55 Å². The number of hydrogen-bond acceptors (Lipinski definition) is 7. The van der Waals surface area contributed by atoms with Gasteiger partial charge in [-0.3, -0.25) is 4.57 Å². The van der Waals surface area contributed by atoms with Crippen molar-refractivity contribution >= 4 is 17.4 Å². The predicted molar refractivity (Wildman–Crippen MR) is 87.9 cm³/mol. The zero-order chi connectivity index (χ0) is 18.5. The van der Waals surface area contributed by atoms with E-state index in [1.165, 1.54) is 12.3 Å². The third kappa shape index (κ3) is 2.78. The maximum atomic E-state index is 15.0. The predicted octanol–water partition coefficient (Wildman–Crippen LogP) is 1.15. The normalized spacial score (nSPS) is 33.3. The van der Waals surface area contributed by atoms with Gasteiger partial charge in [-0.25, -0.2) is 9.18 Å². The molecular weight excluding hydrogens is 369 g/mol. The van der Waals surface area contributed by atoms with Crippen LogP contribution in [0.3, 0.4) is 0 Å². The first-order chi connectivity index (χ1) is 12.4. The van der Waals surface area contributed by atoms with Crippen LogP contribution in [0.25, 0.3) is 0 Å². The Kier molecular flexibility index (Phi) is 4.20. The number of ether oxygens (including phenoxy) is 3. The number of hydrogen-bond donors (Lipinski definition) is 2. The van der Waals surface area contributed by atoms with E-state index in [0.717, 1.165) is 4.57 Å². The van der Waals surface area contributed by atoms with Crippen molar-refractivity contribution in [3.63, 3.8) is 0 Å². The minimum absolute atomic E-state index is 0.0251. The zero-order valence-electron chi connectivity index (χ0n) is 13.3. The largest absolute Gasteiger partial charge is 0.390 e. The summed E-state index contributed by atoms with van der Waals surface area (Å²) in [6.45, 7) is -0.960. The van der Waals surface area contributed by atoms with Crippen molar-refractivity contribution in [3.8, 4) is 0 Å². The number of nitrogens with two attached hydrogens (primary N) is 1. The van der Waals surface area contributed by atoms with Crippen LogP contribution in [0, 0.1) is 0 Å². The average molecular weight is 384 g/mol. The molecule has 2 aromatic rings. The van der Waals surface area contributed by atoms with E-state index in [0.29, 0.717) is 10.6 Å². The van der Waals surface area contributed by atoms with E-state index in [9.17, 15) is 9.90 Å². The summed E-state index contributed by atoms with van der Waals surface area (Å²) in [5, 5.41) is 10.00. The second-order valence-electron chi connectivity index (χ2n) is 6.04. The summed E-state index contributed by atoms with van der Waals surface area (Å²) in [5.74, 6) is -2.51.